The second-order valence-electron chi connectivity index (χ2n) is 4.58. The lowest BCUT2D eigenvalue weighted by Crippen LogP contribution is -2.37. The molecule has 0 heterocycles. The predicted molar refractivity (Wildman–Crippen MR) is 88.2 cm³/mol. The zero-order valence-electron chi connectivity index (χ0n) is 13.1. The summed E-state index contributed by atoms with van der Waals surface area (Å²) in [4.78, 5) is 0. The summed E-state index contributed by atoms with van der Waals surface area (Å²) >= 11 is 5.27. The molecule has 0 spiro atoms. The molecule has 1 unspecified atom stereocenters. The van der Waals surface area contributed by atoms with Gasteiger partial charge in [-0.2, -0.15) is 0 Å². The Kier molecular flexibility index (Phi) is 7.85. The molecule has 118 valence electrons. The van der Waals surface area contributed by atoms with Crippen molar-refractivity contribution in [3.63, 3.8) is 0 Å². The molecule has 0 aromatic heterocycles. The van der Waals surface area contributed by atoms with E-state index in [2.05, 4.69) is 10.6 Å². The molecule has 1 rings (SSSR count). The van der Waals surface area contributed by atoms with E-state index in [0.717, 1.165) is 25.1 Å². The fourth-order valence-corrected chi connectivity index (χ4v) is 2.15. The summed E-state index contributed by atoms with van der Waals surface area (Å²) in [6.45, 7) is 3.56. The summed E-state index contributed by atoms with van der Waals surface area (Å²) in [7, 11) is 4.94. The summed E-state index contributed by atoms with van der Waals surface area (Å²) in [6, 6.07) is 5.91. The third-order valence-electron chi connectivity index (χ3n) is 3.07. The summed E-state index contributed by atoms with van der Waals surface area (Å²) in [5, 5.41) is 7.03. The summed E-state index contributed by atoms with van der Waals surface area (Å²) < 4.78 is 15.5. The monoisotopic (exact) mass is 312 g/mol. The molecular weight excluding hydrogens is 288 g/mol. The van der Waals surface area contributed by atoms with Crippen molar-refractivity contribution in [3.05, 3.63) is 23.8 Å². The molecule has 0 radical (unpaired) electrons. The standard InChI is InChI=1S/C15H24N2O3S/c1-11(17-15(21)16-8-5-9-18-2)12-6-7-13(19-3)14(10-12)20-4/h6-7,10-11H,5,8-9H2,1-4H3,(H2,16,17,21). The molecule has 2 N–H and O–H groups in total. The van der Waals surface area contributed by atoms with Gasteiger partial charge in [-0.3, -0.25) is 0 Å². The first-order chi connectivity index (χ1) is 10.1. The normalized spacial score (nSPS) is 11.6. The Labute approximate surface area is 132 Å². The zero-order valence-corrected chi connectivity index (χ0v) is 13.9. The van der Waals surface area contributed by atoms with Crippen LogP contribution >= 0.6 is 12.2 Å². The molecule has 5 nitrogen and oxygen atoms in total. The third kappa shape index (κ3) is 5.77. The van der Waals surface area contributed by atoms with Crippen molar-refractivity contribution in [2.75, 3.05) is 34.5 Å². The number of ether oxygens (including phenoxy) is 3. The Morgan fingerprint density at radius 3 is 2.52 bits per heavy atom. The highest BCUT2D eigenvalue weighted by Crippen LogP contribution is 2.29. The molecule has 0 aliphatic carbocycles. The molecule has 0 aliphatic heterocycles. The van der Waals surface area contributed by atoms with E-state index in [1.807, 2.05) is 25.1 Å². The van der Waals surface area contributed by atoms with Crippen molar-refractivity contribution in [2.24, 2.45) is 0 Å². The highest BCUT2D eigenvalue weighted by molar-refractivity contribution is 7.80. The van der Waals surface area contributed by atoms with E-state index >= 15 is 0 Å². The predicted octanol–water partition coefficient (Wildman–Crippen LogP) is 2.27. The highest BCUT2D eigenvalue weighted by Gasteiger charge is 2.11. The van der Waals surface area contributed by atoms with Gasteiger partial charge in [-0.25, -0.2) is 0 Å². The molecular formula is C15H24N2O3S. The molecule has 0 amide bonds. The number of benzene rings is 1. The average Bonchev–Trinajstić information content (AvgIpc) is 2.50. The van der Waals surface area contributed by atoms with Gasteiger partial charge in [0.05, 0.1) is 20.3 Å². The average molecular weight is 312 g/mol. The van der Waals surface area contributed by atoms with Gasteiger partial charge in [0, 0.05) is 20.3 Å². The maximum absolute atomic E-state index is 5.31. The first-order valence-corrected chi connectivity index (χ1v) is 7.28. The quantitative estimate of drug-likeness (QED) is 0.567. The van der Waals surface area contributed by atoms with Crippen LogP contribution in [0.5, 0.6) is 11.5 Å². The van der Waals surface area contributed by atoms with Crippen molar-refractivity contribution in [1.29, 1.82) is 0 Å². The minimum atomic E-state index is 0.0761. The van der Waals surface area contributed by atoms with E-state index < -0.39 is 0 Å². The number of thiocarbonyl (C=S) groups is 1. The van der Waals surface area contributed by atoms with Crippen molar-refractivity contribution in [2.45, 2.75) is 19.4 Å². The van der Waals surface area contributed by atoms with Crippen LogP contribution in [0.15, 0.2) is 18.2 Å². The number of nitrogens with one attached hydrogen (secondary N) is 2. The summed E-state index contributed by atoms with van der Waals surface area (Å²) in [5.74, 6) is 1.43. The fraction of sp³-hybridized carbons (Fsp3) is 0.533. The van der Waals surface area contributed by atoms with Crippen LogP contribution in [0.2, 0.25) is 0 Å². The van der Waals surface area contributed by atoms with Crippen LogP contribution in [0, 0.1) is 0 Å². The van der Waals surface area contributed by atoms with Gasteiger partial charge in [0.25, 0.3) is 0 Å². The minimum Gasteiger partial charge on any atom is -0.493 e. The minimum absolute atomic E-state index is 0.0761. The van der Waals surface area contributed by atoms with E-state index in [9.17, 15) is 0 Å². The molecule has 0 saturated heterocycles. The zero-order chi connectivity index (χ0) is 15.7. The van der Waals surface area contributed by atoms with Crippen LogP contribution in [-0.4, -0.2) is 39.6 Å². The maximum atomic E-state index is 5.31. The number of rotatable bonds is 8. The smallest absolute Gasteiger partial charge is 0.166 e. The fourth-order valence-electron chi connectivity index (χ4n) is 1.87. The van der Waals surface area contributed by atoms with Crippen LogP contribution in [0.25, 0.3) is 0 Å². The van der Waals surface area contributed by atoms with Crippen molar-refractivity contribution in [1.82, 2.24) is 10.6 Å². The van der Waals surface area contributed by atoms with E-state index in [1.54, 1.807) is 21.3 Å². The molecule has 6 heteroatoms. The lowest BCUT2D eigenvalue weighted by molar-refractivity contribution is 0.195. The van der Waals surface area contributed by atoms with Crippen molar-refractivity contribution < 1.29 is 14.2 Å². The van der Waals surface area contributed by atoms with Gasteiger partial charge in [0.1, 0.15) is 0 Å². The van der Waals surface area contributed by atoms with Gasteiger partial charge < -0.3 is 24.8 Å². The number of hydrogen-bond donors (Lipinski definition) is 2. The largest absolute Gasteiger partial charge is 0.493 e. The maximum Gasteiger partial charge on any atom is 0.166 e. The molecule has 0 fully saturated rings. The van der Waals surface area contributed by atoms with Crippen LogP contribution in [0.4, 0.5) is 0 Å². The Morgan fingerprint density at radius 2 is 1.90 bits per heavy atom. The molecule has 0 aliphatic rings. The topological polar surface area (TPSA) is 51.8 Å². The van der Waals surface area contributed by atoms with Gasteiger partial charge in [0.2, 0.25) is 0 Å². The van der Waals surface area contributed by atoms with Crippen LogP contribution in [0.1, 0.15) is 24.9 Å². The summed E-state index contributed by atoms with van der Waals surface area (Å²) in [5.41, 5.74) is 1.08. The Morgan fingerprint density at radius 1 is 1.19 bits per heavy atom. The van der Waals surface area contributed by atoms with Gasteiger partial charge >= 0.3 is 0 Å². The lowest BCUT2D eigenvalue weighted by Gasteiger charge is -2.18. The van der Waals surface area contributed by atoms with Crippen LogP contribution in [-0.2, 0) is 4.74 Å². The molecule has 1 atom stereocenters. The van der Waals surface area contributed by atoms with Gasteiger partial charge in [-0.15, -0.1) is 0 Å². The number of methoxy groups -OCH3 is 3. The molecule has 1 aromatic carbocycles. The van der Waals surface area contributed by atoms with E-state index in [0.29, 0.717) is 16.6 Å². The van der Waals surface area contributed by atoms with Gasteiger partial charge in [-0.1, -0.05) is 6.07 Å². The van der Waals surface area contributed by atoms with Crippen LogP contribution < -0.4 is 20.1 Å². The molecule has 0 saturated carbocycles. The molecule has 1 aromatic rings. The van der Waals surface area contributed by atoms with E-state index in [-0.39, 0.29) is 6.04 Å². The number of hydrogen-bond acceptors (Lipinski definition) is 4. The van der Waals surface area contributed by atoms with E-state index in [1.165, 1.54) is 0 Å². The first-order valence-electron chi connectivity index (χ1n) is 6.87. The molecule has 0 bridgehead atoms. The Bertz CT molecular complexity index is 455. The third-order valence-corrected chi connectivity index (χ3v) is 3.33. The van der Waals surface area contributed by atoms with Crippen molar-refractivity contribution >= 4 is 17.3 Å². The molecule has 21 heavy (non-hydrogen) atoms. The summed E-state index contributed by atoms with van der Waals surface area (Å²) in [6.07, 6.45) is 0.920. The second kappa shape index (κ2) is 9.41. The lowest BCUT2D eigenvalue weighted by atomic mass is 10.1. The first kappa shape index (κ1) is 17.5. The van der Waals surface area contributed by atoms with Crippen molar-refractivity contribution in [3.8, 4) is 11.5 Å². The van der Waals surface area contributed by atoms with Crippen LogP contribution in [0.3, 0.4) is 0 Å². The highest BCUT2D eigenvalue weighted by atomic mass is 32.1. The second-order valence-corrected chi connectivity index (χ2v) is 4.99. The Hall–Kier alpha value is -1.53. The SMILES string of the molecule is COCCCNC(=S)NC(C)c1ccc(OC)c(OC)c1. The van der Waals surface area contributed by atoms with Gasteiger partial charge in [-0.05, 0) is 43.3 Å². The van der Waals surface area contributed by atoms with Gasteiger partial charge in [0.15, 0.2) is 16.6 Å². The Balaban J connectivity index is 2.54. The van der Waals surface area contributed by atoms with E-state index in [4.69, 9.17) is 26.4 Å².